The van der Waals surface area contributed by atoms with Gasteiger partial charge in [-0.2, -0.15) is 0 Å². The first-order valence-electron chi connectivity index (χ1n) is 8.35. The minimum Gasteiger partial charge on any atom is -0.422 e. The number of imidazole rings is 1. The number of fused-ring (bicyclic) bond motifs is 2. The van der Waals surface area contributed by atoms with Crippen molar-refractivity contribution in [1.82, 2.24) is 9.55 Å². The predicted octanol–water partition coefficient (Wildman–Crippen LogP) is 4.80. The summed E-state index contributed by atoms with van der Waals surface area (Å²) in [5.74, 6) is 0. The van der Waals surface area contributed by atoms with E-state index >= 15 is 0 Å². The highest BCUT2D eigenvalue weighted by Gasteiger charge is 2.12. The second-order valence-corrected chi connectivity index (χ2v) is 6.15. The van der Waals surface area contributed by atoms with Gasteiger partial charge in [0, 0.05) is 17.0 Å². The SMILES string of the molecule is O=c1oc2ccccc2cc1-c1cn(-c2cccc3ccccc23)cn1. The lowest BCUT2D eigenvalue weighted by Gasteiger charge is -2.06. The first-order chi connectivity index (χ1) is 12.8. The third-order valence-corrected chi connectivity index (χ3v) is 4.54. The molecule has 2 aromatic heterocycles. The molecule has 0 bridgehead atoms. The summed E-state index contributed by atoms with van der Waals surface area (Å²) in [6, 6.07) is 23.6. The maximum absolute atomic E-state index is 12.4. The smallest absolute Gasteiger partial charge is 0.345 e. The molecule has 0 aliphatic rings. The lowest BCUT2D eigenvalue weighted by Crippen LogP contribution is -2.02. The molecular weight excluding hydrogens is 324 g/mol. The Morgan fingerprint density at radius 1 is 0.846 bits per heavy atom. The Morgan fingerprint density at radius 2 is 1.62 bits per heavy atom. The fraction of sp³-hybridized carbons (Fsp3) is 0. The molecule has 0 saturated heterocycles. The second kappa shape index (κ2) is 5.70. The molecule has 2 heterocycles. The second-order valence-electron chi connectivity index (χ2n) is 6.15. The summed E-state index contributed by atoms with van der Waals surface area (Å²) in [4.78, 5) is 16.8. The maximum atomic E-state index is 12.4. The van der Waals surface area contributed by atoms with Gasteiger partial charge in [-0.1, -0.05) is 54.6 Å². The molecule has 0 amide bonds. The van der Waals surface area contributed by atoms with Gasteiger partial charge < -0.3 is 8.98 Å². The number of benzene rings is 3. The third-order valence-electron chi connectivity index (χ3n) is 4.54. The first-order valence-corrected chi connectivity index (χ1v) is 8.35. The van der Waals surface area contributed by atoms with E-state index in [0.29, 0.717) is 16.8 Å². The van der Waals surface area contributed by atoms with Crippen LogP contribution >= 0.6 is 0 Å². The zero-order chi connectivity index (χ0) is 17.5. The zero-order valence-electron chi connectivity index (χ0n) is 13.8. The Morgan fingerprint density at radius 3 is 2.54 bits per heavy atom. The molecule has 26 heavy (non-hydrogen) atoms. The first kappa shape index (κ1) is 14.7. The van der Waals surface area contributed by atoms with Crippen LogP contribution in [0, 0.1) is 0 Å². The van der Waals surface area contributed by atoms with E-state index in [1.54, 1.807) is 12.4 Å². The number of rotatable bonds is 2. The van der Waals surface area contributed by atoms with Gasteiger partial charge in [-0.15, -0.1) is 0 Å². The van der Waals surface area contributed by atoms with Crippen LogP contribution in [0.1, 0.15) is 0 Å². The number of hydrogen-bond acceptors (Lipinski definition) is 3. The Balaban J connectivity index is 1.67. The standard InChI is InChI=1S/C22H14N2O2/c25-22-18(12-16-7-2-4-11-21(16)26-22)19-13-24(14-23-19)20-10-5-8-15-6-1-3-9-17(15)20/h1-14H. The fourth-order valence-electron chi connectivity index (χ4n) is 3.27. The molecule has 4 heteroatoms. The van der Waals surface area contributed by atoms with Gasteiger partial charge in [0.1, 0.15) is 5.58 Å². The van der Waals surface area contributed by atoms with Gasteiger partial charge in [-0.05, 0) is 23.6 Å². The van der Waals surface area contributed by atoms with Gasteiger partial charge >= 0.3 is 5.63 Å². The summed E-state index contributed by atoms with van der Waals surface area (Å²) in [7, 11) is 0. The largest absolute Gasteiger partial charge is 0.422 e. The molecule has 3 aromatic carbocycles. The molecule has 0 spiro atoms. The lowest BCUT2D eigenvalue weighted by atomic mass is 10.1. The number of hydrogen-bond donors (Lipinski definition) is 0. The minimum absolute atomic E-state index is 0.383. The third kappa shape index (κ3) is 2.31. The number of nitrogens with zero attached hydrogens (tertiary/aromatic N) is 2. The summed E-state index contributed by atoms with van der Waals surface area (Å²) in [6.45, 7) is 0. The quantitative estimate of drug-likeness (QED) is 0.434. The lowest BCUT2D eigenvalue weighted by molar-refractivity contribution is 0.563. The van der Waals surface area contributed by atoms with E-state index in [2.05, 4.69) is 23.2 Å². The van der Waals surface area contributed by atoms with E-state index in [9.17, 15) is 4.79 Å². The molecule has 0 atom stereocenters. The molecule has 5 rings (SSSR count). The molecule has 0 aliphatic carbocycles. The molecule has 0 unspecified atom stereocenters. The minimum atomic E-state index is -0.383. The highest BCUT2D eigenvalue weighted by atomic mass is 16.4. The van der Waals surface area contributed by atoms with Crippen LogP contribution in [0.25, 0.3) is 38.7 Å². The van der Waals surface area contributed by atoms with E-state index in [1.807, 2.05) is 59.3 Å². The average molecular weight is 338 g/mol. The topological polar surface area (TPSA) is 48.0 Å². The van der Waals surface area contributed by atoms with E-state index in [4.69, 9.17) is 4.42 Å². The molecule has 0 saturated carbocycles. The van der Waals surface area contributed by atoms with E-state index in [-0.39, 0.29) is 5.63 Å². The van der Waals surface area contributed by atoms with Crippen molar-refractivity contribution < 1.29 is 4.42 Å². The Labute approximate surface area is 149 Å². The van der Waals surface area contributed by atoms with Crippen LogP contribution in [-0.4, -0.2) is 9.55 Å². The normalized spacial score (nSPS) is 11.2. The van der Waals surface area contributed by atoms with E-state index < -0.39 is 0 Å². The van der Waals surface area contributed by atoms with Gasteiger partial charge in [-0.3, -0.25) is 0 Å². The van der Waals surface area contributed by atoms with Crippen LogP contribution in [0.3, 0.4) is 0 Å². The molecule has 0 radical (unpaired) electrons. The summed E-state index contributed by atoms with van der Waals surface area (Å²) in [5, 5.41) is 3.16. The average Bonchev–Trinajstić information content (AvgIpc) is 3.16. The molecule has 0 N–H and O–H groups in total. The molecule has 5 aromatic rings. The van der Waals surface area contributed by atoms with Crippen molar-refractivity contribution in [3.63, 3.8) is 0 Å². The van der Waals surface area contributed by atoms with Crippen LogP contribution in [0.4, 0.5) is 0 Å². The van der Waals surface area contributed by atoms with Crippen LogP contribution in [0.5, 0.6) is 0 Å². The van der Waals surface area contributed by atoms with Crippen LogP contribution in [-0.2, 0) is 0 Å². The summed E-state index contributed by atoms with van der Waals surface area (Å²) < 4.78 is 7.36. The van der Waals surface area contributed by atoms with Gasteiger partial charge in [0.15, 0.2) is 0 Å². The van der Waals surface area contributed by atoms with Gasteiger partial charge in [0.05, 0.1) is 23.3 Å². The summed E-state index contributed by atoms with van der Waals surface area (Å²) in [6.07, 6.45) is 3.59. The Hall–Kier alpha value is -3.66. The Kier molecular flexibility index (Phi) is 3.22. The maximum Gasteiger partial charge on any atom is 0.345 e. The van der Waals surface area contributed by atoms with Crippen molar-refractivity contribution in [2.75, 3.05) is 0 Å². The van der Waals surface area contributed by atoms with Crippen LogP contribution < -0.4 is 5.63 Å². The Bertz CT molecular complexity index is 1310. The van der Waals surface area contributed by atoms with Crippen molar-refractivity contribution in [2.45, 2.75) is 0 Å². The predicted molar refractivity (Wildman–Crippen MR) is 103 cm³/mol. The van der Waals surface area contributed by atoms with Crippen molar-refractivity contribution in [1.29, 1.82) is 0 Å². The molecule has 0 fully saturated rings. The van der Waals surface area contributed by atoms with Gasteiger partial charge in [0.25, 0.3) is 0 Å². The van der Waals surface area contributed by atoms with Crippen molar-refractivity contribution in [2.24, 2.45) is 0 Å². The van der Waals surface area contributed by atoms with Crippen molar-refractivity contribution >= 4 is 21.7 Å². The van der Waals surface area contributed by atoms with E-state index in [1.165, 1.54) is 0 Å². The number of para-hydroxylation sites is 1. The zero-order valence-corrected chi connectivity index (χ0v) is 13.8. The van der Waals surface area contributed by atoms with Crippen molar-refractivity contribution in [3.05, 3.63) is 95.7 Å². The summed E-state index contributed by atoms with van der Waals surface area (Å²) in [5.41, 5.74) is 2.27. The van der Waals surface area contributed by atoms with Crippen LogP contribution in [0.15, 0.2) is 94.5 Å². The fourth-order valence-corrected chi connectivity index (χ4v) is 3.27. The molecule has 124 valence electrons. The summed E-state index contributed by atoms with van der Waals surface area (Å²) >= 11 is 0. The highest BCUT2D eigenvalue weighted by Crippen LogP contribution is 2.25. The van der Waals surface area contributed by atoms with E-state index in [0.717, 1.165) is 21.8 Å². The number of aromatic nitrogens is 2. The molecular formula is C22H14N2O2. The molecule has 4 nitrogen and oxygen atoms in total. The van der Waals surface area contributed by atoms with Gasteiger partial charge in [0.2, 0.25) is 0 Å². The van der Waals surface area contributed by atoms with Crippen molar-refractivity contribution in [3.8, 4) is 16.9 Å². The van der Waals surface area contributed by atoms with Crippen LogP contribution in [0.2, 0.25) is 0 Å². The monoisotopic (exact) mass is 338 g/mol. The van der Waals surface area contributed by atoms with Gasteiger partial charge in [-0.25, -0.2) is 9.78 Å². The molecule has 0 aliphatic heterocycles. The highest BCUT2D eigenvalue weighted by molar-refractivity contribution is 5.90.